The second-order valence-electron chi connectivity index (χ2n) is 3.93. The van der Waals surface area contributed by atoms with Gasteiger partial charge >= 0.3 is 0 Å². The smallest absolute Gasteiger partial charge is 0.0694 e. The van der Waals surface area contributed by atoms with Gasteiger partial charge in [-0.05, 0) is 30.2 Å². The van der Waals surface area contributed by atoms with Crippen molar-refractivity contribution in [2.24, 2.45) is 0 Å². The summed E-state index contributed by atoms with van der Waals surface area (Å²) in [6, 6.07) is 6.48. The molecule has 3 heteroatoms. The van der Waals surface area contributed by atoms with E-state index in [1.165, 1.54) is 16.6 Å². The summed E-state index contributed by atoms with van der Waals surface area (Å²) in [5.41, 5.74) is 3.88. The summed E-state index contributed by atoms with van der Waals surface area (Å²) in [5.74, 6) is 5.81. The topological polar surface area (TPSA) is 34.2 Å². The maximum absolute atomic E-state index is 5.81. The van der Waals surface area contributed by atoms with Crippen LogP contribution >= 0.6 is 0 Å². The van der Waals surface area contributed by atoms with Gasteiger partial charge in [0.2, 0.25) is 0 Å². The van der Waals surface area contributed by atoms with Gasteiger partial charge in [0, 0.05) is 30.9 Å². The van der Waals surface area contributed by atoms with Gasteiger partial charge in [-0.2, -0.15) is 0 Å². The van der Waals surface area contributed by atoms with Gasteiger partial charge < -0.3 is 10.7 Å². The number of benzene rings is 1. The SMILES string of the molecule is CN1CCc2cc3c(ccn3N)cc21. The predicted molar refractivity (Wildman–Crippen MR) is 59.1 cm³/mol. The van der Waals surface area contributed by atoms with Crippen LogP contribution in [0.5, 0.6) is 0 Å². The summed E-state index contributed by atoms with van der Waals surface area (Å²) >= 11 is 0. The number of rotatable bonds is 0. The quantitative estimate of drug-likeness (QED) is 0.632. The van der Waals surface area contributed by atoms with Crippen LogP contribution < -0.4 is 10.7 Å². The maximum Gasteiger partial charge on any atom is 0.0694 e. The van der Waals surface area contributed by atoms with E-state index < -0.39 is 0 Å². The molecule has 0 amide bonds. The summed E-state index contributed by atoms with van der Waals surface area (Å²) in [5, 5.41) is 1.22. The molecule has 1 aromatic carbocycles. The molecule has 0 fully saturated rings. The first-order chi connectivity index (χ1) is 6.75. The van der Waals surface area contributed by atoms with Gasteiger partial charge in [0.15, 0.2) is 0 Å². The Morgan fingerprint density at radius 1 is 1.36 bits per heavy atom. The molecule has 0 saturated heterocycles. The van der Waals surface area contributed by atoms with Crippen molar-refractivity contribution in [1.82, 2.24) is 4.68 Å². The van der Waals surface area contributed by atoms with E-state index in [4.69, 9.17) is 5.84 Å². The normalized spacial score (nSPS) is 15.1. The zero-order valence-corrected chi connectivity index (χ0v) is 8.20. The number of hydrogen-bond acceptors (Lipinski definition) is 2. The highest BCUT2D eigenvalue weighted by Gasteiger charge is 2.16. The lowest BCUT2D eigenvalue weighted by atomic mass is 10.1. The molecular formula is C11H13N3. The van der Waals surface area contributed by atoms with Crippen molar-refractivity contribution in [3.63, 3.8) is 0 Å². The largest absolute Gasteiger partial charge is 0.374 e. The van der Waals surface area contributed by atoms with Gasteiger partial charge in [0.1, 0.15) is 0 Å². The minimum Gasteiger partial charge on any atom is -0.374 e. The molecule has 1 aromatic heterocycles. The molecule has 0 aliphatic carbocycles. The third-order valence-corrected chi connectivity index (χ3v) is 3.05. The molecule has 0 atom stereocenters. The van der Waals surface area contributed by atoms with Crippen molar-refractivity contribution in [2.45, 2.75) is 6.42 Å². The zero-order valence-electron chi connectivity index (χ0n) is 8.20. The van der Waals surface area contributed by atoms with Crippen LogP contribution in [0, 0.1) is 0 Å². The number of nitrogens with two attached hydrogens (primary N) is 1. The zero-order chi connectivity index (χ0) is 9.71. The number of likely N-dealkylation sites (N-methyl/N-ethyl adjacent to an activating group) is 1. The molecule has 1 aliphatic heterocycles. The van der Waals surface area contributed by atoms with E-state index in [1.807, 2.05) is 6.20 Å². The number of nitrogens with zero attached hydrogens (tertiary/aromatic N) is 2. The molecular weight excluding hydrogens is 174 g/mol. The second-order valence-corrected chi connectivity index (χ2v) is 3.93. The van der Waals surface area contributed by atoms with E-state index in [0.717, 1.165) is 18.5 Å². The van der Waals surface area contributed by atoms with Crippen LogP contribution in [-0.4, -0.2) is 18.3 Å². The van der Waals surface area contributed by atoms with Crippen LogP contribution in [-0.2, 0) is 6.42 Å². The van der Waals surface area contributed by atoms with Gasteiger partial charge in [0.25, 0.3) is 0 Å². The summed E-state index contributed by atoms with van der Waals surface area (Å²) in [7, 11) is 2.14. The van der Waals surface area contributed by atoms with E-state index >= 15 is 0 Å². The van der Waals surface area contributed by atoms with Gasteiger partial charge in [0.05, 0.1) is 5.52 Å². The van der Waals surface area contributed by atoms with Crippen LogP contribution in [0.2, 0.25) is 0 Å². The van der Waals surface area contributed by atoms with Gasteiger partial charge in [-0.25, -0.2) is 0 Å². The lowest BCUT2D eigenvalue weighted by Crippen LogP contribution is -2.12. The van der Waals surface area contributed by atoms with Crippen molar-refractivity contribution in [2.75, 3.05) is 24.3 Å². The molecule has 2 N–H and O–H groups in total. The van der Waals surface area contributed by atoms with Crippen molar-refractivity contribution in [3.05, 3.63) is 30.0 Å². The third-order valence-electron chi connectivity index (χ3n) is 3.05. The van der Waals surface area contributed by atoms with Crippen molar-refractivity contribution < 1.29 is 0 Å². The molecule has 3 nitrogen and oxygen atoms in total. The number of fused-ring (bicyclic) bond motifs is 2. The fourth-order valence-electron chi connectivity index (χ4n) is 2.20. The average molecular weight is 187 g/mol. The van der Waals surface area contributed by atoms with Crippen molar-refractivity contribution in [1.29, 1.82) is 0 Å². The van der Waals surface area contributed by atoms with E-state index in [-0.39, 0.29) is 0 Å². The molecule has 0 saturated carbocycles. The Kier molecular flexibility index (Phi) is 1.35. The highest BCUT2D eigenvalue weighted by Crippen LogP contribution is 2.31. The Bertz CT molecular complexity index is 498. The van der Waals surface area contributed by atoms with Gasteiger partial charge in [-0.1, -0.05) is 0 Å². The number of aromatic nitrogens is 1. The van der Waals surface area contributed by atoms with Crippen LogP contribution in [0.15, 0.2) is 24.4 Å². The molecule has 3 rings (SSSR count). The van der Waals surface area contributed by atoms with E-state index in [9.17, 15) is 0 Å². The Morgan fingerprint density at radius 2 is 2.21 bits per heavy atom. The molecule has 14 heavy (non-hydrogen) atoms. The molecule has 1 aliphatic rings. The molecule has 2 aromatic rings. The average Bonchev–Trinajstić information content (AvgIpc) is 2.71. The molecule has 2 heterocycles. The number of anilines is 1. The Hall–Kier alpha value is -1.64. The van der Waals surface area contributed by atoms with Gasteiger partial charge in [-0.3, -0.25) is 4.68 Å². The van der Waals surface area contributed by atoms with E-state index in [2.05, 4.69) is 30.1 Å². The Balaban J connectivity index is 2.34. The second kappa shape index (κ2) is 2.44. The molecule has 0 bridgehead atoms. The van der Waals surface area contributed by atoms with Crippen molar-refractivity contribution in [3.8, 4) is 0 Å². The van der Waals surface area contributed by atoms with Crippen LogP contribution in [0.25, 0.3) is 10.9 Å². The third kappa shape index (κ3) is 0.867. The Morgan fingerprint density at radius 3 is 3.07 bits per heavy atom. The number of nitrogen functional groups attached to an aromatic ring is 1. The van der Waals surface area contributed by atoms with Gasteiger partial charge in [-0.15, -0.1) is 0 Å². The number of hydrogen-bond donors (Lipinski definition) is 1. The van der Waals surface area contributed by atoms with Crippen molar-refractivity contribution >= 4 is 16.6 Å². The lowest BCUT2D eigenvalue weighted by Gasteiger charge is -2.11. The highest BCUT2D eigenvalue weighted by molar-refractivity contribution is 5.86. The molecule has 72 valence electrons. The fourth-order valence-corrected chi connectivity index (χ4v) is 2.20. The summed E-state index contributed by atoms with van der Waals surface area (Å²) < 4.78 is 1.69. The first-order valence-electron chi connectivity index (χ1n) is 4.86. The molecule has 0 radical (unpaired) electrons. The molecule has 0 spiro atoms. The predicted octanol–water partition coefficient (Wildman–Crippen LogP) is 1.35. The summed E-state index contributed by atoms with van der Waals surface area (Å²) in [4.78, 5) is 2.29. The van der Waals surface area contributed by atoms with E-state index in [0.29, 0.717) is 0 Å². The van der Waals surface area contributed by atoms with Crippen LogP contribution in [0.3, 0.4) is 0 Å². The van der Waals surface area contributed by atoms with Crippen LogP contribution in [0.1, 0.15) is 5.56 Å². The maximum atomic E-state index is 5.81. The Labute approximate surface area is 82.7 Å². The monoisotopic (exact) mass is 187 g/mol. The highest BCUT2D eigenvalue weighted by atomic mass is 15.3. The summed E-state index contributed by atoms with van der Waals surface area (Å²) in [6.45, 7) is 1.12. The first kappa shape index (κ1) is 7.74. The standard InChI is InChI=1S/C11H13N3/c1-13-4-2-8-7-11-9(6-10(8)13)3-5-14(11)12/h3,5-7H,2,4,12H2,1H3. The summed E-state index contributed by atoms with van der Waals surface area (Å²) in [6.07, 6.45) is 3.03. The minimum atomic E-state index is 1.12. The minimum absolute atomic E-state index is 1.12. The first-order valence-corrected chi connectivity index (χ1v) is 4.86. The van der Waals surface area contributed by atoms with E-state index in [1.54, 1.807) is 4.68 Å². The van der Waals surface area contributed by atoms with Crippen LogP contribution in [0.4, 0.5) is 5.69 Å². The lowest BCUT2D eigenvalue weighted by molar-refractivity contribution is 0.956. The fraction of sp³-hybridized carbons (Fsp3) is 0.273. The molecule has 0 unspecified atom stereocenters.